The number of benzene rings is 1. The molecule has 1 rings (SSSR count). The minimum Gasteiger partial charge on any atom is -0.495 e. The van der Waals surface area contributed by atoms with E-state index in [9.17, 15) is 8.42 Å². The van der Waals surface area contributed by atoms with Gasteiger partial charge in [-0.2, -0.15) is 0 Å². The van der Waals surface area contributed by atoms with Gasteiger partial charge in [-0.3, -0.25) is 0 Å². The highest BCUT2D eigenvalue weighted by atomic mass is 32.2. The molecule has 0 bridgehead atoms. The lowest BCUT2D eigenvalue weighted by atomic mass is 10.1. The van der Waals surface area contributed by atoms with Crippen LogP contribution in [0.15, 0.2) is 17.0 Å². The SMILES string of the molecule is COCCNS(=O)(=O)c1cc(C)c(C)cc1OC. The largest absolute Gasteiger partial charge is 0.495 e. The summed E-state index contributed by atoms with van der Waals surface area (Å²) in [6.45, 7) is 4.33. The summed E-state index contributed by atoms with van der Waals surface area (Å²) in [5.41, 5.74) is 1.89. The van der Waals surface area contributed by atoms with Crippen LogP contribution in [0, 0.1) is 13.8 Å². The molecule has 0 aliphatic rings. The van der Waals surface area contributed by atoms with Crippen molar-refractivity contribution in [3.05, 3.63) is 23.3 Å². The number of aryl methyl sites for hydroxylation is 2. The van der Waals surface area contributed by atoms with E-state index in [1.807, 2.05) is 13.8 Å². The number of ether oxygens (including phenoxy) is 2. The topological polar surface area (TPSA) is 64.6 Å². The Morgan fingerprint density at radius 2 is 1.78 bits per heavy atom. The van der Waals surface area contributed by atoms with Crippen LogP contribution in [0.3, 0.4) is 0 Å². The molecule has 0 spiro atoms. The van der Waals surface area contributed by atoms with Crippen molar-refractivity contribution in [3.63, 3.8) is 0 Å². The normalized spacial score (nSPS) is 11.6. The van der Waals surface area contributed by atoms with Crippen LogP contribution >= 0.6 is 0 Å². The van der Waals surface area contributed by atoms with Crippen LogP contribution in [0.2, 0.25) is 0 Å². The van der Waals surface area contributed by atoms with Gasteiger partial charge in [-0.15, -0.1) is 0 Å². The third kappa shape index (κ3) is 3.44. The zero-order valence-corrected chi connectivity index (χ0v) is 11.9. The fourth-order valence-corrected chi connectivity index (χ4v) is 2.74. The molecule has 1 aromatic carbocycles. The summed E-state index contributed by atoms with van der Waals surface area (Å²) in [4.78, 5) is 0.157. The monoisotopic (exact) mass is 273 g/mol. The predicted molar refractivity (Wildman–Crippen MR) is 69.5 cm³/mol. The molecule has 0 saturated heterocycles. The number of nitrogens with one attached hydrogen (secondary N) is 1. The minimum atomic E-state index is -3.57. The highest BCUT2D eigenvalue weighted by Gasteiger charge is 2.19. The summed E-state index contributed by atoms with van der Waals surface area (Å²) in [5.74, 6) is 0.350. The van der Waals surface area contributed by atoms with E-state index in [0.717, 1.165) is 11.1 Å². The third-order valence-electron chi connectivity index (χ3n) is 2.67. The summed E-state index contributed by atoms with van der Waals surface area (Å²) in [5, 5.41) is 0. The molecule has 102 valence electrons. The quantitative estimate of drug-likeness (QED) is 0.792. The molecule has 1 aromatic rings. The second-order valence-corrected chi connectivity index (χ2v) is 5.71. The predicted octanol–water partition coefficient (Wildman–Crippen LogP) is 1.24. The van der Waals surface area contributed by atoms with Crippen LogP contribution in [0.25, 0.3) is 0 Å². The van der Waals surface area contributed by atoms with Crippen LogP contribution in [-0.4, -0.2) is 35.8 Å². The number of sulfonamides is 1. The summed E-state index contributed by atoms with van der Waals surface area (Å²) < 4.78 is 36.6. The highest BCUT2D eigenvalue weighted by Crippen LogP contribution is 2.26. The molecule has 6 heteroatoms. The summed E-state index contributed by atoms with van der Waals surface area (Å²) in [7, 11) is -0.594. The summed E-state index contributed by atoms with van der Waals surface area (Å²) in [6, 6.07) is 3.34. The van der Waals surface area contributed by atoms with Crippen molar-refractivity contribution in [2.24, 2.45) is 0 Å². The molecule has 0 aliphatic heterocycles. The van der Waals surface area contributed by atoms with E-state index < -0.39 is 10.0 Å². The molecule has 0 unspecified atom stereocenters. The second kappa shape index (κ2) is 6.17. The van der Waals surface area contributed by atoms with Gasteiger partial charge in [0.15, 0.2) is 0 Å². The number of hydrogen-bond acceptors (Lipinski definition) is 4. The van der Waals surface area contributed by atoms with Crippen molar-refractivity contribution < 1.29 is 17.9 Å². The Labute approximate surface area is 108 Å². The second-order valence-electron chi connectivity index (χ2n) is 3.98. The fraction of sp³-hybridized carbons (Fsp3) is 0.500. The zero-order valence-electron chi connectivity index (χ0n) is 11.1. The van der Waals surface area contributed by atoms with Gasteiger partial charge in [-0.25, -0.2) is 13.1 Å². The van der Waals surface area contributed by atoms with Gasteiger partial charge in [0.05, 0.1) is 13.7 Å². The Balaban J connectivity index is 3.11. The Hall–Kier alpha value is -1.11. The Kier molecular flexibility index (Phi) is 5.13. The lowest BCUT2D eigenvalue weighted by Crippen LogP contribution is -2.27. The van der Waals surface area contributed by atoms with E-state index in [1.165, 1.54) is 14.2 Å². The highest BCUT2D eigenvalue weighted by molar-refractivity contribution is 7.89. The van der Waals surface area contributed by atoms with Crippen LogP contribution in [-0.2, 0) is 14.8 Å². The van der Waals surface area contributed by atoms with Gasteiger partial charge in [0, 0.05) is 13.7 Å². The van der Waals surface area contributed by atoms with Crippen LogP contribution in [0.1, 0.15) is 11.1 Å². The summed E-state index contributed by atoms with van der Waals surface area (Å²) in [6.07, 6.45) is 0. The first-order valence-electron chi connectivity index (χ1n) is 5.56. The molecule has 0 fully saturated rings. The first kappa shape index (κ1) is 14.9. The van der Waals surface area contributed by atoms with Gasteiger partial charge in [0.2, 0.25) is 10.0 Å². The standard InChI is InChI=1S/C12H19NO4S/c1-9-7-11(17-4)12(8-10(9)2)18(14,15)13-5-6-16-3/h7-8,13H,5-6H2,1-4H3. The van der Waals surface area contributed by atoms with Crippen LogP contribution in [0.5, 0.6) is 5.75 Å². The van der Waals surface area contributed by atoms with E-state index in [4.69, 9.17) is 9.47 Å². The van der Waals surface area contributed by atoms with Crippen LogP contribution < -0.4 is 9.46 Å². The lowest BCUT2D eigenvalue weighted by Gasteiger charge is -2.13. The van der Waals surface area contributed by atoms with E-state index in [2.05, 4.69) is 4.72 Å². The molecule has 18 heavy (non-hydrogen) atoms. The summed E-state index contributed by atoms with van der Waals surface area (Å²) >= 11 is 0. The molecule has 0 saturated carbocycles. The average Bonchev–Trinajstić information content (AvgIpc) is 2.32. The Morgan fingerprint density at radius 3 is 2.33 bits per heavy atom. The number of hydrogen-bond donors (Lipinski definition) is 1. The smallest absolute Gasteiger partial charge is 0.244 e. The first-order valence-corrected chi connectivity index (χ1v) is 7.04. The van der Waals surface area contributed by atoms with E-state index in [0.29, 0.717) is 12.4 Å². The van der Waals surface area contributed by atoms with E-state index >= 15 is 0 Å². The maximum atomic E-state index is 12.1. The first-order chi connectivity index (χ1) is 8.42. The molecular formula is C12H19NO4S. The Morgan fingerprint density at radius 1 is 1.17 bits per heavy atom. The molecule has 0 amide bonds. The van der Waals surface area contributed by atoms with Crippen molar-refractivity contribution in [1.82, 2.24) is 4.72 Å². The van der Waals surface area contributed by atoms with Crippen molar-refractivity contribution in [2.45, 2.75) is 18.7 Å². The molecule has 5 nitrogen and oxygen atoms in total. The fourth-order valence-electron chi connectivity index (χ4n) is 1.49. The van der Waals surface area contributed by atoms with Crippen molar-refractivity contribution in [2.75, 3.05) is 27.4 Å². The molecule has 0 atom stereocenters. The number of rotatable bonds is 6. The molecule has 1 N–H and O–H groups in total. The maximum Gasteiger partial charge on any atom is 0.244 e. The van der Waals surface area contributed by atoms with Crippen molar-refractivity contribution in [1.29, 1.82) is 0 Å². The molecular weight excluding hydrogens is 254 g/mol. The average molecular weight is 273 g/mol. The number of methoxy groups -OCH3 is 2. The minimum absolute atomic E-state index is 0.157. The van der Waals surface area contributed by atoms with Crippen molar-refractivity contribution >= 4 is 10.0 Å². The maximum absolute atomic E-state index is 12.1. The molecule has 0 heterocycles. The van der Waals surface area contributed by atoms with E-state index in [1.54, 1.807) is 12.1 Å². The zero-order chi connectivity index (χ0) is 13.8. The van der Waals surface area contributed by atoms with Gasteiger partial charge >= 0.3 is 0 Å². The van der Waals surface area contributed by atoms with Crippen LogP contribution in [0.4, 0.5) is 0 Å². The molecule has 0 aromatic heterocycles. The van der Waals surface area contributed by atoms with Gasteiger partial charge in [0.1, 0.15) is 10.6 Å². The third-order valence-corrected chi connectivity index (χ3v) is 4.15. The van der Waals surface area contributed by atoms with Gasteiger partial charge < -0.3 is 9.47 Å². The van der Waals surface area contributed by atoms with Gasteiger partial charge in [0.25, 0.3) is 0 Å². The van der Waals surface area contributed by atoms with Gasteiger partial charge in [-0.05, 0) is 37.1 Å². The molecule has 0 aliphatic carbocycles. The van der Waals surface area contributed by atoms with Crippen molar-refractivity contribution in [3.8, 4) is 5.75 Å². The van der Waals surface area contributed by atoms with E-state index in [-0.39, 0.29) is 11.4 Å². The molecule has 0 radical (unpaired) electrons. The lowest BCUT2D eigenvalue weighted by molar-refractivity contribution is 0.204. The Bertz CT molecular complexity index is 511. The van der Waals surface area contributed by atoms with Gasteiger partial charge in [-0.1, -0.05) is 0 Å².